The number of piperidine rings is 1. The summed E-state index contributed by atoms with van der Waals surface area (Å²) in [5.74, 6) is 3.77. The fourth-order valence-corrected chi connectivity index (χ4v) is 5.49. The molecule has 0 spiro atoms. The highest BCUT2D eigenvalue weighted by Crippen LogP contribution is 2.39. The first kappa shape index (κ1) is 25.4. The molecule has 4 aromatic rings. The van der Waals surface area contributed by atoms with Gasteiger partial charge in [-0.1, -0.05) is 96.9 Å². The molecule has 0 saturated carbocycles. The maximum absolute atomic E-state index is 5.53. The van der Waals surface area contributed by atoms with Crippen molar-refractivity contribution in [3.8, 4) is 23.7 Å². The number of likely N-dealkylation sites (tertiary alicyclic amines) is 1. The van der Waals surface area contributed by atoms with Gasteiger partial charge in [-0.25, -0.2) is 4.98 Å². The van der Waals surface area contributed by atoms with Crippen molar-refractivity contribution < 1.29 is 0 Å². The summed E-state index contributed by atoms with van der Waals surface area (Å²) >= 11 is 0. The van der Waals surface area contributed by atoms with Gasteiger partial charge < -0.3 is 4.98 Å². The molecule has 1 aliphatic rings. The van der Waals surface area contributed by atoms with Crippen molar-refractivity contribution in [2.24, 2.45) is 4.99 Å². The van der Waals surface area contributed by atoms with E-state index in [1.807, 2.05) is 24.3 Å². The van der Waals surface area contributed by atoms with Gasteiger partial charge in [0, 0.05) is 43.4 Å². The van der Waals surface area contributed by atoms with Gasteiger partial charge in [0.15, 0.2) is 0 Å². The Kier molecular flexibility index (Phi) is 8.28. The zero-order chi connectivity index (χ0) is 26.2. The number of benzene rings is 3. The van der Waals surface area contributed by atoms with E-state index in [9.17, 15) is 0 Å². The van der Waals surface area contributed by atoms with Gasteiger partial charge in [0.2, 0.25) is 0 Å². The Balaban J connectivity index is 1.48. The second-order valence-corrected chi connectivity index (χ2v) is 9.75. The number of imidazole rings is 1. The molecule has 0 radical (unpaired) electrons. The smallest absolute Gasteiger partial charge is 0.138 e. The van der Waals surface area contributed by atoms with E-state index in [-0.39, 0.29) is 0 Å². The third-order valence-corrected chi connectivity index (χ3v) is 7.41. The SMILES string of the molecule is C#C/C=C\C(=NC)c1nc(-c2ccccc2)[nH]c1C1CCC(c2ccccc2)N(CCc2ccccc2)C1. The number of hydrogen-bond acceptors (Lipinski definition) is 3. The first-order valence-corrected chi connectivity index (χ1v) is 13.3. The van der Waals surface area contributed by atoms with Gasteiger partial charge in [-0.2, -0.15) is 0 Å². The number of aromatic nitrogens is 2. The summed E-state index contributed by atoms with van der Waals surface area (Å²) in [6, 6.07) is 32.4. The fraction of sp³-hybridized carbons (Fsp3) is 0.235. The highest BCUT2D eigenvalue weighted by atomic mass is 15.2. The molecule has 2 atom stereocenters. The van der Waals surface area contributed by atoms with E-state index >= 15 is 0 Å². The van der Waals surface area contributed by atoms with Gasteiger partial charge in [0.25, 0.3) is 0 Å². The van der Waals surface area contributed by atoms with E-state index in [2.05, 4.69) is 93.6 Å². The Bertz CT molecular complexity index is 1410. The van der Waals surface area contributed by atoms with Crippen molar-refractivity contribution in [3.05, 3.63) is 126 Å². The van der Waals surface area contributed by atoms with E-state index in [0.29, 0.717) is 12.0 Å². The lowest BCUT2D eigenvalue weighted by atomic mass is 9.86. The van der Waals surface area contributed by atoms with Gasteiger partial charge >= 0.3 is 0 Å². The first-order chi connectivity index (χ1) is 18.8. The van der Waals surface area contributed by atoms with Gasteiger partial charge in [-0.3, -0.25) is 9.89 Å². The molecular weight excluding hydrogens is 464 g/mol. The maximum atomic E-state index is 5.53. The molecule has 4 nitrogen and oxygen atoms in total. The number of rotatable bonds is 8. The Morgan fingerprint density at radius 1 is 1.00 bits per heavy atom. The molecule has 190 valence electrons. The summed E-state index contributed by atoms with van der Waals surface area (Å²) < 4.78 is 0. The predicted octanol–water partition coefficient (Wildman–Crippen LogP) is 6.85. The van der Waals surface area contributed by atoms with Gasteiger partial charge in [-0.15, -0.1) is 6.42 Å². The molecule has 1 fully saturated rings. The van der Waals surface area contributed by atoms with Crippen molar-refractivity contribution in [2.75, 3.05) is 20.1 Å². The monoisotopic (exact) mass is 498 g/mol. The van der Waals surface area contributed by atoms with Crippen LogP contribution in [0.25, 0.3) is 11.4 Å². The minimum absolute atomic E-state index is 0.307. The molecule has 1 aliphatic heterocycles. The van der Waals surface area contributed by atoms with Crippen LogP contribution in [0.1, 0.15) is 47.3 Å². The lowest BCUT2D eigenvalue weighted by Crippen LogP contribution is -2.39. The third-order valence-electron chi connectivity index (χ3n) is 7.41. The minimum atomic E-state index is 0.307. The summed E-state index contributed by atoms with van der Waals surface area (Å²) in [7, 11) is 1.80. The lowest BCUT2D eigenvalue weighted by molar-refractivity contribution is 0.133. The summed E-state index contributed by atoms with van der Waals surface area (Å²) in [4.78, 5) is 16.0. The summed E-state index contributed by atoms with van der Waals surface area (Å²) in [6.07, 6.45) is 12.3. The van der Waals surface area contributed by atoms with E-state index in [4.69, 9.17) is 11.4 Å². The topological polar surface area (TPSA) is 44.3 Å². The molecule has 5 rings (SSSR count). The summed E-state index contributed by atoms with van der Waals surface area (Å²) in [5, 5.41) is 0. The Labute approximate surface area is 226 Å². The van der Waals surface area contributed by atoms with Crippen LogP contribution >= 0.6 is 0 Å². The number of aliphatic imine (C=N–C) groups is 1. The molecule has 0 amide bonds. The summed E-state index contributed by atoms with van der Waals surface area (Å²) in [6.45, 7) is 1.95. The summed E-state index contributed by atoms with van der Waals surface area (Å²) in [5.41, 5.74) is 6.66. The number of nitrogens with zero attached hydrogens (tertiary/aromatic N) is 3. The van der Waals surface area contributed by atoms with E-state index in [0.717, 1.165) is 60.8 Å². The lowest BCUT2D eigenvalue weighted by Gasteiger charge is -2.40. The van der Waals surface area contributed by atoms with E-state index in [1.54, 1.807) is 13.1 Å². The number of terminal acetylenes is 1. The number of nitrogens with one attached hydrogen (secondary N) is 1. The Morgan fingerprint density at radius 2 is 1.68 bits per heavy atom. The van der Waals surface area contributed by atoms with Gasteiger partial charge in [0.1, 0.15) is 11.5 Å². The quantitative estimate of drug-likeness (QED) is 0.213. The average Bonchev–Trinajstić information content (AvgIpc) is 3.43. The molecule has 2 unspecified atom stereocenters. The predicted molar refractivity (Wildman–Crippen MR) is 157 cm³/mol. The second-order valence-electron chi connectivity index (χ2n) is 9.75. The van der Waals surface area contributed by atoms with Crippen LogP contribution in [0.15, 0.2) is 108 Å². The zero-order valence-electron chi connectivity index (χ0n) is 21.9. The first-order valence-electron chi connectivity index (χ1n) is 13.3. The zero-order valence-corrected chi connectivity index (χ0v) is 21.9. The van der Waals surface area contributed by atoms with Crippen LogP contribution < -0.4 is 0 Å². The fourth-order valence-electron chi connectivity index (χ4n) is 5.49. The molecule has 1 N–H and O–H groups in total. The Hall–Kier alpha value is -4.20. The number of allylic oxidation sites excluding steroid dienone is 2. The van der Waals surface area contributed by atoms with E-state index in [1.165, 1.54) is 11.1 Å². The van der Waals surface area contributed by atoms with Crippen molar-refractivity contribution in [3.63, 3.8) is 0 Å². The average molecular weight is 499 g/mol. The van der Waals surface area contributed by atoms with Crippen LogP contribution in [0.3, 0.4) is 0 Å². The molecule has 0 aliphatic carbocycles. The minimum Gasteiger partial charge on any atom is -0.341 e. The van der Waals surface area contributed by atoms with Gasteiger partial charge in [-0.05, 0) is 42.5 Å². The number of hydrogen-bond donors (Lipinski definition) is 1. The molecule has 1 saturated heterocycles. The van der Waals surface area contributed by atoms with Crippen LogP contribution in [0.4, 0.5) is 0 Å². The van der Waals surface area contributed by atoms with Crippen LogP contribution in [-0.2, 0) is 6.42 Å². The molecule has 38 heavy (non-hydrogen) atoms. The van der Waals surface area contributed by atoms with Crippen LogP contribution in [0.5, 0.6) is 0 Å². The van der Waals surface area contributed by atoms with E-state index < -0.39 is 0 Å². The number of aromatic amines is 1. The maximum Gasteiger partial charge on any atom is 0.138 e. The van der Waals surface area contributed by atoms with Crippen LogP contribution in [0.2, 0.25) is 0 Å². The van der Waals surface area contributed by atoms with Gasteiger partial charge in [0.05, 0.1) is 5.71 Å². The van der Waals surface area contributed by atoms with Crippen molar-refractivity contribution in [1.82, 2.24) is 14.9 Å². The van der Waals surface area contributed by atoms with Crippen molar-refractivity contribution in [2.45, 2.75) is 31.2 Å². The standard InChI is InChI=1S/C34H34N4/c1-3-4-20-30(35-2)33-32(36-34(37-33)28-18-12-7-13-19-28)29-21-22-31(27-16-10-6-11-17-27)38(25-29)24-23-26-14-8-5-9-15-26/h1,4-20,29,31H,21-25H2,2H3,(H,36,37)/b20-4-,35-30?. The van der Waals surface area contributed by atoms with Crippen molar-refractivity contribution in [1.29, 1.82) is 0 Å². The molecule has 2 heterocycles. The normalized spacial score (nSPS) is 18.5. The molecule has 3 aromatic carbocycles. The molecule has 0 bridgehead atoms. The second kappa shape index (κ2) is 12.4. The number of H-pyrrole nitrogens is 1. The largest absolute Gasteiger partial charge is 0.341 e. The highest BCUT2D eigenvalue weighted by molar-refractivity contribution is 6.08. The van der Waals surface area contributed by atoms with Crippen LogP contribution in [0, 0.1) is 12.3 Å². The molecule has 1 aromatic heterocycles. The highest BCUT2D eigenvalue weighted by Gasteiger charge is 2.33. The van der Waals surface area contributed by atoms with Crippen molar-refractivity contribution >= 4 is 5.71 Å². The Morgan fingerprint density at radius 3 is 2.37 bits per heavy atom. The molecular formula is C34H34N4. The molecule has 4 heteroatoms. The third kappa shape index (κ3) is 5.85. The van der Waals surface area contributed by atoms with Crippen LogP contribution in [-0.4, -0.2) is 40.7 Å².